The molecule has 0 atom stereocenters. The third kappa shape index (κ3) is 7.54. The summed E-state index contributed by atoms with van der Waals surface area (Å²) < 4.78 is 5.03. The lowest BCUT2D eigenvalue weighted by Crippen LogP contribution is -2.50. The summed E-state index contributed by atoms with van der Waals surface area (Å²) in [7, 11) is 0. The minimum atomic E-state index is 0. The zero-order valence-corrected chi connectivity index (χ0v) is 17.6. The summed E-state index contributed by atoms with van der Waals surface area (Å²) >= 11 is 0. The third-order valence-electron chi connectivity index (χ3n) is 5.26. The number of carbonyl (C=O) groups excluding carboxylic acids is 1. The SMILES string of the molecule is CC1CCC(NC(=O)CN2CCN(Cc3noc(CN)n3)CC2)CC1.Cl.Cl. The number of aromatic nitrogens is 2. The van der Waals surface area contributed by atoms with Gasteiger partial charge in [0, 0.05) is 32.2 Å². The average Bonchev–Trinajstić information content (AvgIpc) is 3.06. The molecule has 27 heavy (non-hydrogen) atoms. The first-order valence-electron chi connectivity index (χ1n) is 9.38. The van der Waals surface area contributed by atoms with Crippen LogP contribution >= 0.6 is 24.8 Å². The maximum absolute atomic E-state index is 12.3. The van der Waals surface area contributed by atoms with E-state index < -0.39 is 0 Å². The Morgan fingerprint density at radius 1 is 1.15 bits per heavy atom. The van der Waals surface area contributed by atoms with Crippen molar-refractivity contribution in [1.82, 2.24) is 25.3 Å². The molecule has 3 rings (SSSR count). The summed E-state index contributed by atoms with van der Waals surface area (Å²) in [5.74, 6) is 2.13. The zero-order chi connectivity index (χ0) is 17.6. The molecule has 2 fully saturated rings. The standard InChI is InChI=1S/C17H30N6O2.2ClH/c1-13-2-4-14(5-3-13)19-16(24)12-23-8-6-22(7-9-23)11-15-20-17(10-18)25-21-15;;/h13-14H,2-12,18H2,1H3,(H,19,24);2*1H. The van der Waals surface area contributed by atoms with Gasteiger partial charge in [0.1, 0.15) is 0 Å². The van der Waals surface area contributed by atoms with E-state index in [1.165, 1.54) is 12.8 Å². The van der Waals surface area contributed by atoms with Crippen molar-refractivity contribution in [3.05, 3.63) is 11.7 Å². The van der Waals surface area contributed by atoms with Gasteiger partial charge in [-0.25, -0.2) is 0 Å². The van der Waals surface area contributed by atoms with Crippen molar-refractivity contribution in [3.8, 4) is 0 Å². The van der Waals surface area contributed by atoms with Crippen molar-refractivity contribution in [1.29, 1.82) is 0 Å². The maximum atomic E-state index is 12.3. The summed E-state index contributed by atoms with van der Waals surface area (Å²) in [5.41, 5.74) is 5.48. The lowest BCUT2D eigenvalue weighted by molar-refractivity contribution is -0.123. The van der Waals surface area contributed by atoms with E-state index in [1.54, 1.807) is 0 Å². The number of carbonyl (C=O) groups is 1. The number of hydrogen-bond acceptors (Lipinski definition) is 7. The van der Waals surface area contributed by atoms with E-state index in [1.807, 2.05) is 0 Å². The molecule has 2 aliphatic rings. The van der Waals surface area contributed by atoms with Gasteiger partial charge in [0.15, 0.2) is 5.82 Å². The zero-order valence-electron chi connectivity index (χ0n) is 15.9. The first-order valence-corrected chi connectivity index (χ1v) is 9.38. The van der Waals surface area contributed by atoms with E-state index in [4.69, 9.17) is 10.3 Å². The number of piperazine rings is 1. The van der Waals surface area contributed by atoms with Crippen LogP contribution in [0.15, 0.2) is 4.52 Å². The van der Waals surface area contributed by atoms with Gasteiger partial charge < -0.3 is 15.6 Å². The van der Waals surface area contributed by atoms with Gasteiger partial charge in [-0.15, -0.1) is 24.8 Å². The van der Waals surface area contributed by atoms with Gasteiger partial charge in [0.25, 0.3) is 0 Å². The largest absolute Gasteiger partial charge is 0.352 e. The number of rotatable bonds is 6. The predicted molar refractivity (Wildman–Crippen MR) is 108 cm³/mol. The Labute approximate surface area is 173 Å². The van der Waals surface area contributed by atoms with Crippen LogP contribution in [0.5, 0.6) is 0 Å². The smallest absolute Gasteiger partial charge is 0.240 e. The van der Waals surface area contributed by atoms with Gasteiger partial charge in [-0.1, -0.05) is 12.1 Å². The van der Waals surface area contributed by atoms with E-state index in [0.29, 0.717) is 30.8 Å². The van der Waals surface area contributed by atoms with E-state index in [0.717, 1.165) is 44.9 Å². The van der Waals surface area contributed by atoms with Gasteiger partial charge in [-0.05, 0) is 31.6 Å². The average molecular weight is 423 g/mol. The molecule has 1 aliphatic carbocycles. The van der Waals surface area contributed by atoms with Gasteiger partial charge in [0.2, 0.25) is 11.8 Å². The Morgan fingerprint density at radius 3 is 2.37 bits per heavy atom. The topological polar surface area (TPSA) is 101 Å². The molecule has 3 N–H and O–H groups in total. The number of nitrogens with two attached hydrogens (primary N) is 1. The van der Waals surface area contributed by atoms with E-state index in [9.17, 15) is 4.79 Å². The third-order valence-corrected chi connectivity index (χ3v) is 5.26. The minimum Gasteiger partial charge on any atom is -0.352 e. The van der Waals surface area contributed by atoms with E-state index in [-0.39, 0.29) is 37.3 Å². The van der Waals surface area contributed by atoms with Crippen LogP contribution < -0.4 is 11.1 Å². The maximum Gasteiger partial charge on any atom is 0.240 e. The van der Waals surface area contributed by atoms with Crippen LogP contribution in [-0.4, -0.2) is 64.6 Å². The summed E-state index contributed by atoms with van der Waals surface area (Å²) in [6.07, 6.45) is 4.70. The van der Waals surface area contributed by atoms with Gasteiger partial charge in [0.05, 0.1) is 19.6 Å². The molecule has 0 bridgehead atoms. The normalized spacial score (nSPS) is 23.9. The highest BCUT2D eigenvalue weighted by molar-refractivity contribution is 5.85. The molecule has 1 amide bonds. The summed E-state index contributed by atoms with van der Waals surface area (Å²) in [6, 6.07) is 0.375. The van der Waals surface area contributed by atoms with Gasteiger partial charge in [-0.2, -0.15) is 4.98 Å². The van der Waals surface area contributed by atoms with Crippen LogP contribution in [0.2, 0.25) is 0 Å². The Morgan fingerprint density at radius 2 is 1.78 bits per heavy atom. The quantitative estimate of drug-likeness (QED) is 0.709. The summed E-state index contributed by atoms with van der Waals surface area (Å²) in [6.45, 7) is 7.32. The minimum absolute atomic E-state index is 0. The van der Waals surface area contributed by atoms with Crippen LogP contribution in [0.4, 0.5) is 0 Å². The molecular formula is C17H32Cl2N6O2. The molecular weight excluding hydrogens is 391 g/mol. The van der Waals surface area contributed by atoms with E-state index >= 15 is 0 Å². The Kier molecular flexibility index (Phi) is 10.5. The van der Waals surface area contributed by atoms with Gasteiger partial charge in [-0.3, -0.25) is 14.6 Å². The fourth-order valence-electron chi connectivity index (χ4n) is 3.62. The van der Waals surface area contributed by atoms with Crippen molar-refractivity contribution in [2.75, 3.05) is 32.7 Å². The molecule has 0 unspecified atom stereocenters. The van der Waals surface area contributed by atoms with Crippen molar-refractivity contribution >= 4 is 30.7 Å². The van der Waals surface area contributed by atoms with Crippen molar-refractivity contribution in [2.24, 2.45) is 11.7 Å². The van der Waals surface area contributed by atoms with Crippen molar-refractivity contribution in [2.45, 2.75) is 51.7 Å². The van der Waals surface area contributed by atoms with Crippen LogP contribution in [0.25, 0.3) is 0 Å². The molecule has 1 aromatic rings. The predicted octanol–water partition coefficient (Wildman–Crippen LogP) is 1.18. The molecule has 1 saturated heterocycles. The van der Waals surface area contributed by atoms with Crippen molar-refractivity contribution < 1.29 is 9.32 Å². The molecule has 156 valence electrons. The van der Waals surface area contributed by atoms with Gasteiger partial charge >= 0.3 is 0 Å². The number of nitrogens with one attached hydrogen (secondary N) is 1. The molecule has 0 aromatic carbocycles. The lowest BCUT2D eigenvalue weighted by Gasteiger charge is -2.34. The molecule has 1 aromatic heterocycles. The lowest BCUT2D eigenvalue weighted by atomic mass is 9.87. The van der Waals surface area contributed by atoms with Crippen molar-refractivity contribution in [3.63, 3.8) is 0 Å². The number of amides is 1. The molecule has 10 heteroatoms. The fourth-order valence-corrected chi connectivity index (χ4v) is 3.62. The second-order valence-electron chi connectivity index (χ2n) is 7.39. The Balaban J connectivity index is 0.00000182. The Hall–Kier alpha value is -0.930. The molecule has 2 heterocycles. The van der Waals surface area contributed by atoms with E-state index in [2.05, 4.69) is 32.2 Å². The van der Waals surface area contributed by atoms with Crippen LogP contribution in [0.1, 0.15) is 44.3 Å². The number of halogens is 2. The molecule has 1 saturated carbocycles. The first-order chi connectivity index (χ1) is 12.1. The highest BCUT2D eigenvalue weighted by atomic mass is 35.5. The molecule has 8 nitrogen and oxygen atoms in total. The Bertz CT molecular complexity index is 557. The number of hydrogen-bond donors (Lipinski definition) is 2. The second kappa shape index (κ2) is 11.8. The highest BCUT2D eigenvalue weighted by Crippen LogP contribution is 2.23. The number of nitrogens with zero attached hydrogens (tertiary/aromatic N) is 4. The first kappa shape index (κ1) is 24.1. The molecule has 0 spiro atoms. The second-order valence-corrected chi connectivity index (χ2v) is 7.39. The van der Waals surface area contributed by atoms with Crippen LogP contribution in [-0.2, 0) is 17.9 Å². The molecule has 1 aliphatic heterocycles. The summed E-state index contributed by atoms with van der Waals surface area (Å²) in [4.78, 5) is 21.0. The van der Waals surface area contributed by atoms with Crippen LogP contribution in [0.3, 0.4) is 0 Å². The summed E-state index contributed by atoms with van der Waals surface area (Å²) in [5, 5.41) is 7.14. The monoisotopic (exact) mass is 422 g/mol. The van der Waals surface area contributed by atoms with Crippen LogP contribution in [0, 0.1) is 5.92 Å². The molecule has 0 radical (unpaired) electrons. The highest BCUT2D eigenvalue weighted by Gasteiger charge is 2.23. The fraction of sp³-hybridized carbons (Fsp3) is 0.824.